The average Bonchev–Trinajstić information content (AvgIpc) is 2.03. The summed E-state index contributed by atoms with van der Waals surface area (Å²) in [5.41, 5.74) is 1.51. The molecule has 11 heavy (non-hydrogen) atoms. The van der Waals surface area contributed by atoms with E-state index in [9.17, 15) is 4.79 Å². The Labute approximate surface area is 67.4 Å². The molecule has 0 aliphatic rings. The van der Waals surface area contributed by atoms with Crippen LogP contribution in [0.3, 0.4) is 0 Å². The van der Waals surface area contributed by atoms with E-state index in [0.717, 1.165) is 11.9 Å². The van der Waals surface area contributed by atoms with Crippen LogP contribution in [0.4, 0.5) is 0 Å². The van der Waals surface area contributed by atoms with E-state index in [0.29, 0.717) is 5.57 Å². The van der Waals surface area contributed by atoms with Crippen molar-refractivity contribution in [1.29, 1.82) is 0 Å². The summed E-state index contributed by atoms with van der Waals surface area (Å²) in [4.78, 5) is 10.4. The second-order valence-corrected chi connectivity index (χ2v) is 2.06. The Morgan fingerprint density at radius 3 is 2.36 bits per heavy atom. The number of allylic oxidation sites excluding steroid dienone is 6. The van der Waals surface area contributed by atoms with Gasteiger partial charge in [-0.15, -0.1) is 0 Å². The highest BCUT2D eigenvalue weighted by Crippen LogP contribution is 2.03. The molecule has 1 nitrogen and oxygen atoms in total. The van der Waals surface area contributed by atoms with E-state index in [-0.39, 0.29) is 0 Å². The molecule has 0 amide bonds. The van der Waals surface area contributed by atoms with Gasteiger partial charge in [0.1, 0.15) is 6.29 Å². The van der Waals surface area contributed by atoms with Crippen molar-refractivity contribution in [3.05, 3.63) is 48.6 Å². The minimum Gasteiger partial charge on any atom is -0.298 e. The van der Waals surface area contributed by atoms with E-state index in [1.165, 1.54) is 6.08 Å². The van der Waals surface area contributed by atoms with Crippen LogP contribution in [0.5, 0.6) is 0 Å². The van der Waals surface area contributed by atoms with Gasteiger partial charge in [0.05, 0.1) is 0 Å². The summed E-state index contributed by atoms with van der Waals surface area (Å²) in [6.45, 7) is 8.88. The predicted octanol–water partition coefficient (Wildman–Crippen LogP) is 2.43. The maximum atomic E-state index is 10.4. The largest absolute Gasteiger partial charge is 0.298 e. The number of hydrogen-bond donors (Lipinski definition) is 0. The summed E-state index contributed by atoms with van der Waals surface area (Å²) < 4.78 is 0. The van der Waals surface area contributed by atoms with Crippen molar-refractivity contribution in [2.24, 2.45) is 0 Å². The molecule has 0 rings (SSSR count). The van der Waals surface area contributed by atoms with E-state index in [1.807, 2.05) is 13.0 Å². The molecule has 0 heterocycles. The second-order valence-electron chi connectivity index (χ2n) is 2.06. The van der Waals surface area contributed by atoms with Crippen molar-refractivity contribution in [3.63, 3.8) is 0 Å². The zero-order chi connectivity index (χ0) is 8.69. The second kappa shape index (κ2) is 5.42. The van der Waals surface area contributed by atoms with Gasteiger partial charge >= 0.3 is 0 Å². The molecule has 0 N–H and O–H groups in total. The Kier molecular flexibility index (Phi) is 4.74. The first-order chi connectivity index (χ1) is 5.26. The summed E-state index contributed by atoms with van der Waals surface area (Å²) in [6.07, 6.45) is 7.58. The van der Waals surface area contributed by atoms with Crippen LogP contribution in [0.1, 0.15) is 6.92 Å². The van der Waals surface area contributed by atoms with Gasteiger partial charge in [0.2, 0.25) is 0 Å². The number of rotatable bonds is 4. The van der Waals surface area contributed by atoms with Gasteiger partial charge in [-0.2, -0.15) is 0 Å². The number of carbonyl (C=O) groups excluding carboxylic acids is 1. The molecule has 0 fully saturated rings. The highest BCUT2D eigenvalue weighted by atomic mass is 16.1. The third-order valence-electron chi connectivity index (χ3n) is 1.28. The Bertz CT molecular complexity index is 209. The molecule has 0 bridgehead atoms. The highest BCUT2D eigenvalue weighted by molar-refractivity contribution is 5.79. The first-order valence-corrected chi connectivity index (χ1v) is 3.33. The van der Waals surface area contributed by atoms with Crippen molar-refractivity contribution in [2.45, 2.75) is 6.92 Å². The fourth-order valence-corrected chi connectivity index (χ4v) is 0.611. The molecule has 0 aromatic heterocycles. The van der Waals surface area contributed by atoms with E-state index in [4.69, 9.17) is 0 Å². The molecule has 0 saturated carbocycles. The lowest BCUT2D eigenvalue weighted by atomic mass is 10.1. The highest BCUT2D eigenvalue weighted by Gasteiger charge is 1.90. The van der Waals surface area contributed by atoms with E-state index in [1.54, 1.807) is 12.2 Å². The molecular weight excluding hydrogens is 136 g/mol. The van der Waals surface area contributed by atoms with Crippen LogP contribution in [0, 0.1) is 0 Å². The molecule has 0 aromatic rings. The van der Waals surface area contributed by atoms with Crippen LogP contribution in [-0.4, -0.2) is 6.29 Å². The van der Waals surface area contributed by atoms with Crippen molar-refractivity contribution < 1.29 is 4.79 Å². The normalized spacial score (nSPS) is 12.5. The summed E-state index contributed by atoms with van der Waals surface area (Å²) in [5.74, 6) is 0. The number of carbonyl (C=O) groups is 1. The maximum Gasteiger partial charge on any atom is 0.150 e. The third-order valence-corrected chi connectivity index (χ3v) is 1.28. The minimum absolute atomic E-state index is 0.614. The van der Waals surface area contributed by atoms with Gasteiger partial charge in [-0.05, 0) is 12.5 Å². The van der Waals surface area contributed by atoms with Crippen molar-refractivity contribution in [3.8, 4) is 0 Å². The summed E-state index contributed by atoms with van der Waals surface area (Å²) in [5, 5.41) is 0. The van der Waals surface area contributed by atoms with Crippen LogP contribution in [0.2, 0.25) is 0 Å². The standard InChI is InChI=1S/C10H12O/c1-4-6-7-9(3)10(5-2)8-11/h4-8H,1-2H2,3H3/b7-6-,10-9+. The van der Waals surface area contributed by atoms with Crippen LogP contribution in [-0.2, 0) is 4.79 Å². The molecule has 0 radical (unpaired) electrons. The van der Waals surface area contributed by atoms with E-state index >= 15 is 0 Å². The summed E-state index contributed by atoms with van der Waals surface area (Å²) in [7, 11) is 0. The van der Waals surface area contributed by atoms with Gasteiger partial charge in [-0.25, -0.2) is 0 Å². The Balaban J connectivity index is 4.60. The molecule has 0 spiro atoms. The molecule has 0 unspecified atom stereocenters. The fraction of sp³-hybridized carbons (Fsp3) is 0.100. The molecule has 1 heteroatoms. The lowest BCUT2D eigenvalue weighted by Crippen LogP contribution is -1.82. The third kappa shape index (κ3) is 3.36. The lowest BCUT2D eigenvalue weighted by Gasteiger charge is -1.92. The van der Waals surface area contributed by atoms with Crippen LogP contribution in [0.25, 0.3) is 0 Å². The summed E-state index contributed by atoms with van der Waals surface area (Å²) >= 11 is 0. The summed E-state index contributed by atoms with van der Waals surface area (Å²) in [6, 6.07) is 0. The van der Waals surface area contributed by atoms with Crippen LogP contribution < -0.4 is 0 Å². The first kappa shape index (κ1) is 9.63. The first-order valence-electron chi connectivity index (χ1n) is 3.33. The van der Waals surface area contributed by atoms with Crippen molar-refractivity contribution in [1.82, 2.24) is 0 Å². The predicted molar refractivity (Wildman–Crippen MR) is 48.3 cm³/mol. The zero-order valence-corrected chi connectivity index (χ0v) is 6.71. The van der Waals surface area contributed by atoms with Gasteiger partial charge in [0.15, 0.2) is 0 Å². The van der Waals surface area contributed by atoms with E-state index in [2.05, 4.69) is 13.2 Å². The quantitative estimate of drug-likeness (QED) is 0.340. The van der Waals surface area contributed by atoms with Gasteiger partial charge < -0.3 is 0 Å². The monoisotopic (exact) mass is 148 g/mol. The smallest absolute Gasteiger partial charge is 0.150 e. The molecule has 0 aromatic carbocycles. The van der Waals surface area contributed by atoms with Gasteiger partial charge in [0.25, 0.3) is 0 Å². The maximum absolute atomic E-state index is 10.4. The van der Waals surface area contributed by atoms with Crippen molar-refractivity contribution in [2.75, 3.05) is 0 Å². The topological polar surface area (TPSA) is 17.1 Å². The molecule has 0 aliphatic carbocycles. The number of aldehydes is 1. The van der Waals surface area contributed by atoms with Crippen LogP contribution in [0.15, 0.2) is 48.6 Å². The minimum atomic E-state index is 0.614. The molecular formula is C10H12O. The zero-order valence-electron chi connectivity index (χ0n) is 6.71. The van der Waals surface area contributed by atoms with Crippen LogP contribution >= 0.6 is 0 Å². The average molecular weight is 148 g/mol. The van der Waals surface area contributed by atoms with Crippen molar-refractivity contribution >= 4 is 6.29 Å². The Morgan fingerprint density at radius 1 is 1.36 bits per heavy atom. The van der Waals surface area contributed by atoms with Gasteiger partial charge in [-0.3, -0.25) is 4.79 Å². The SMILES string of the molecule is C=C/C=C\C(C)=C(/C=C)C=O. The molecule has 0 saturated heterocycles. The lowest BCUT2D eigenvalue weighted by molar-refractivity contribution is -0.104. The Hall–Kier alpha value is -1.37. The van der Waals surface area contributed by atoms with E-state index < -0.39 is 0 Å². The number of hydrogen-bond acceptors (Lipinski definition) is 1. The molecule has 0 aliphatic heterocycles. The van der Waals surface area contributed by atoms with Gasteiger partial charge in [0, 0.05) is 5.57 Å². The fourth-order valence-electron chi connectivity index (χ4n) is 0.611. The van der Waals surface area contributed by atoms with Gasteiger partial charge in [-0.1, -0.05) is 37.5 Å². The molecule has 0 atom stereocenters. The molecule has 58 valence electrons. The Morgan fingerprint density at radius 2 is 2.00 bits per heavy atom.